The molecule has 0 aromatic heterocycles. The summed E-state index contributed by atoms with van der Waals surface area (Å²) in [5, 5.41) is 0. The van der Waals surface area contributed by atoms with E-state index in [1.54, 1.807) is 0 Å². The monoisotopic (exact) mass is 458 g/mol. The van der Waals surface area contributed by atoms with Crippen molar-refractivity contribution in [1.29, 1.82) is 0 Å². The quantitative estimate of drug-likeness (QED) is 0.388. The summed E-state index contributed by atoms with van der Waals surface area (Å²) in [4.78, 5) is 25.5. The molecule has 3 nitrogen and oxygen atoms in total. The molecule has 0 bridgehead atoms. The molecule has 0 aromatic carbocycles. The molecular weight excluding hydrogens is 408 g/mol. The molecule has 4 aliphatic carbocycles. The molecule has 0 spiro atoms. The zero-order valence-electron chi connectivity index (χ0n) is 22.5. The first-order valence-electron chi connectivity index (χ1n) is 14.2. The van der Waals surface area contributed by atoms with Gasteiger partial charge in [-0.3, -0.25) is 9.59 Å². The van der Waals surface area contributed by atoms with Gasteiger partial charge in [-0.05, 0) is 97.2 Å². The van der Waals surface area contributed by atoms with E-state index in [0.29, 0.717) is 23.5 Å². The van der Waals surface area contributed by atoms with Crippen LogP contribution in [-0.4, -0.2) is 17.9 Å². The summed E-state index contributed by atoms with van der Waals surface area (Å²) in [6, 6.07) is 0. The van der Waals surface area contributed by atoms with Gasteiger partial charge in [-0.2, -0.15) is 0 Å². The van der Waals surface area contributed by atoms with Gasteiger partial charge in [0.05, 0.1) is 0 Å². The smallest absolute Gasteiger partial charge is 0.302 e. The minimum absolute atomic E-state index is 0.0611. The predicted molar refractivity (Wildman–Crippen MR) is 134 cm³/mol. The van der Waals surface area contributed by atoms with E-state index in [-0.39, 0.29) is 28.8 Å². The third kappa shape index (κ3) is 4.44. The van der Waals surface area contributed by atoms with Gasteiger partial charge in [0.25, 0.3) is 0 Å². The molecule has 10 atom stereocenters. The first-order chi connectivity index (χ1) is 15.5. The molecule has 4 fully saturated rings. The van der Waals surface area contributed by atoms with Crippen LogP contribution in [0.15, 0.2) is 0 Å². The van der Waals surface area contributed by atoms with Crippen molar-refractivity contribution >= 4 is 11.8 Å². The van der Waals surface area contributed by atoms with Crippen LogP contribution in [0.25, 0.3) is 0 Å². The molecule has 0 amide bonds. The van der Waals surface area contributed by atoms with E-state index in [9.17, 15) is 9.59 Å². The lowest BCUT2D eigenvalue weighted by Gasteiger charge is -2.60. The standard InChI is InChI=1S/C30H50O3/c1-18(2)19(3)8-9-20(4)25-12-13-26-24-11-10-22-16-23(33-21(5)31)14-15-29(22,6)28(24)27(32)17-30(25,26)7/h18-20,22-26,28H,8-17H2,1-7H3/t19-,20+,22-,23-,24-,25+,26-,28+,29-,30+/m0/s1. The van der Waals surface area contributed by atoms with E-state index >= 15 is 0 Å². The van der Waals surface area contributed by atoms with E-state index in [2.05, 4.69) is 41.5 Å². The van der Waals surface area contributed by atoms with Crippen LogP contribution in [0.4, 0.5) is 0 Å². The lowest BCUT2D eigenvalue weighted by molar-refractivity contribution is -0.169. The minimum atomic E-state index is -0.157. The molecule has 0 heterocycles. The van der Waals surface area contributed by atoms with E-state index in [1.807, 2.05) is 0 Å². The zero-order valence-corrected chi connectivity index (χ0v) is 22.5. The highest BCUT2D eigenvalue weighted by molar-refractivity contribution is 5.84. The van der Waals surface area contributed by atoms with Crippen LogP contribution in [-0.2, 0) is 14.3 Å². The number of hydrogen-bond donors (Lipinski definition) is 0. The molecule has 188 valence electrons. The Hall–Kier alpha value is -0.860. The van der Waals surface area contributed by atoms with Crippen LogP contribution in [0.3, 0.4) is 0 Å². The molecule has 0 aromatic rings. The molecule has 4 saturated carbocycles. The van der Waals surface area contributed by atoms with Crippen LogP contribution in [0.2, 0.25) is 0 Å². The molecule has 0 saturated heterocycles. The summed E-state index contributed by atoms with van der Waals surface area (Å²) in [5.74, 6) is 5.45. The Bertz CT molecular complexity index is 743. The molecule has 0 N–H and O–H groups in total. The van der Waals surface area contributed by atoms with E-state index in [4.69, 9.17) is 4.74 Å². The maximum Gasteiger partial charge on any atom is 0.302 e. The number of rotatable bonds is 6. The fourth-order valence-electron chi connectivity index (χ4n) is 9.41. The van der Waals surface area contributed by atoms with Crippen molar-refractivity contribution in [2.75, 3.05) is 0 Å². The lowest BCUT2D eigenvalue weighted by Crippen LogP contribution is -2.58. The van der Waals surface area contributed by atoms with Gasteiger partial charge < -0.3 is 4.74 Å². The van der Waals surface area contributed by atoms with Crippen LogP contribution >= 0.6 is 0 Å². The summed E-state index contributed by atoms with van der Waals surface area (Å²) >= 11 is 0. The first kappa shape index (κ1) is 25.2. The van der Waals surface area contributed by atoms with Crippen molar-refractivity contribution in [3.05, 3.63) is 0 Å². The minimum Gasteiger partial charge on any atom is -0.463 e. The fraction of sp³-hybridized carbons (Fsp3) is 0.933. The number of carbonyl (C=O) groups is 2. The van der Waals surface area contributed by atoms with Gasteiger partial charge in [0.1, 0.15) is 11.9 Å². The second-order valence-electron chi connectivity index (χ2n) is 13.6. The number of fused-ring (bicyclic) bond motifs is 5. The zero-order chi connectivity index (χ0) is 24.1. The van der Waals surface area contributed by atoms with Crippen LogP contribution < -0.4 is 0 Å². The first-order valence-corrected chi connectivity index (χ1v) is 14.2. The van der Waals surface area contributed by atoms with Crippen molar-refractivity contribution in [3.63, 3.8) is 0 Å². The highest BCUT2D eigenvalue weighted by atomic mass is 16.5. The summed E-state index contributed by atoms with van der Waals surface area (Å²) in [6.07, 6.45) is 11.5. The molecule has 0 radical (unpaired) electrons. The van der Waals surface area contributed by atoms with Crippen molar-refractivity contribution in [3.8, 4) is 0 Å². The van der Waals surface area contributed by atoms with Crippen LogP contribution in [0.1, 0.15) is 113 Å². The van der Waals surface area contributed by atoms with Gasteiger partial charge in [-0.25, -0.2) is 0 Å². The highest BCUT2D eigenvalue weighted by Crippen LogP contribution is 2.67. The molecular formula is C30H50O3. The van der Waals surface area contributed by atoms with Gasteiger partial charge in [0.15, 0.2) is 0 Å². The molecule has 0 aliphatic heterocycles. The second-order valence-corrected chi connectivity index (χ2v) is 13.6. The van der Waals surface area contributed by atoms with E-state index < -0.39 is 0 Å². The Kier molecular flexibility index (Phi) is 7.12. The third-order valence-electron chi connectivity index (χ3n) is 11.6. The SMILES string of the molecule is CC(=O)O[C@H]1CC[C@@]2(C)[C@@H](CC[C@H]3[C@@H]4CC[C@H]([C@H](C)CC[C@H](C)C(C)C)[C@@]4(C)CC(=O)[C@@H]32)C1. The summed E-state index contributed by atoms with van der Waals surface area (Å²) in [6.45, 7) is 16.0. The lowest BCUT2D eigenvalue weighted by atomic mass is 9.44. The van der Waals surface area contributed by atoms with Crippen LogP contribution in [0.5, 0.6) is 0 Å². The van der Waals surface area contributed by atoms with Gasteiger partial charge in [0, 0.05) is 19.3 Å². The van der Waals surface area contributed by atoms with Gasteiger partial charge in [-0.1, -0.05) is 54.4 Å². The van der Waals surface area contributed by atoms with Crippen molar-refractivity contribution in [2.45, 2.75) is 119 Å². The molecule has 4 rings (SSSR count). The summed E-state index contributed by atoms with van der Waals surface area (Å²) in [5.41, 5.74) is 0.311. The molecule has 33 heavy (non-hydrogen) atoms. The number of hydrogen-bond acceptors (Lipinski definition) is 3. The number of esters is 1. The number of ether oxygens (including phenoxy) is 1. The van der Waals surface area contributed by atoms with E-state index in [1.165, 1.54) is 45.4 Å². The van der Waals surface area contributed by atoms with Gasteiger partial charge in [-0.15, -0.1) is 0 Å². The molecule has 3 heteroatoms. The largest absolute Gasteiger partial charge is 0.463 e. The molecule has 4 aliphatic rings. The average molecular weight is 459 g/mol. The van der Waals surface area contributed by atoms with Crippen molar-refractivity contribution in [1.82, 2.24) is 0 Å². The second kappa shape index (κ2) is 9.30. The Morgan fingerprint density at radius 1 is 1.00 bits per heavy atom. The number of carbonyl (C=O) groups excluding carboxylic acids is 2. The normalized spacial score (nSPS) is 44.5. The Morgan fingerprint density at radius 3 is 2.39 bits per heavy atom. The van der Waals surface area contributed by atoms with Crippen molar-refractivity contribution in [2.24, 2.45) is 58.2 Å². The average Bonchev–Trinajstić information content (AvgIpc) is 3.07. The summed E-state index contributed by atoms with van der Waals surface area (Å²) < 4.78 is 5.60. The van der Waals surface area contributed by atoms with Crippen LogP contribution in [0, 0.1) is 58.2 Å². The van der Waals surface area contributed by atoms with Crippen molar-refractivity contribution < 1.29 is 14.3 Å². The number of Topliss-reactive ketones (excluding diaryl/α,β-unsaturated/α-hetero) is 1. The van der Waals surface area contributed by atoms with Gasteiger partial charge in [0.2, 0.25) is 0 Å². The van der Waals surface area contributed by atoms with Gasteiger partial charge >= 0.3 is 5.97 Å². The predicted octanol–water partition coefficient (Wildman–Crippen LogP) is 7.46. The number of ketones is 1. The Labute approximate surface area is 203 Å². The fourth-order valence-corrected chi connectivity index (χ4v) is 9.41. The Morgan fingerprint density at radius 2 is 1.73 bits per heavy atom. The maximum absolute atomic E-state index is 13.9. The topological polar surface area (TPSA) is 43.4 Å². The van der Waals surface area contributed by atoms with E-state index in [0.717, 1.165) is 49.4 Å². The maximum atomic E-state index is 13.9. The molecule has 0 unspecified atom stereocenters. The third-order valence-corrected chi connectivity index (χ3v) is 11.6. The summed E-state index contributed by atoms with van der Waals surface area (Å²) in [7, 11) is 0. The highest BCUT2D eigenvalue weighted by Gasteiger charge is 2.63. The Balaban J connectivity index is 1.49.